The molecule has 1 heterocycles. The third kappa shape index (κ3) is 6.79. The van der Waals surface area contributed by atoms with E-state index < -0.39 is 11.7 Å². The summed E-state index contributed by atoms with van der Waals surface area (Å²) in [6.45, 7) is 7.34. The van der Waals surface area contributed by atoms with Gasteiger partial charge in [0.25, 0.3) is 0 Å². The van der Waals surface area contributed by atoms with Crippen molar-refractivity contribution in [1.29, 1.82) is 5.26 Å². The molecule has 0 fully saturated rings. The lowest BCUT2D eigenvalue weighted by atomic mass is 10.2. The molecule has 0 aliphatic rings. The number of carbonyl (C=O) groups excluding carboxylic acids is 1. The van der Waals surface area contributed by atoms with Crippen LogP contribution in [0.1, 0.15) is 31.2 Å². The summed E-state index contributed by atoms with van der Waals surface area (Å²) in [5.74, 6) is 0. The van der Waals surface area contributed by atoms with Gasteiger partial charge >= 0.3 is 6.09 Å². The van der Waals surface area contributed by atoms with Gasteiger partial charge in [0.1, 0.15) is 11.7 Å². The van der Waals surface area contributed by atoms with Crippen LogP contribution in [0.4, 0.5) is 4.79 Å². The van der Waals surface area contributed by atoms with E-state index in [0.29, 0.717) is 25.2 Å². The lowest BCUT2D eigenvalue weighted by Gasteiger charge is -2.19. The summed E-state index contributed by atoms with van der Waals surface area (Å²) < 4.78 is 5.11. The zero-order chi connectivity index (χ0) is 14.3. The molecule has 0 radical (unpaired) electrons. The minimum Gasteiger partial charge on any atom is -0.444 e. The van der Waals surface area contributed by atoms with Crippen LogP contribution in [0.25, 0.3) is 0 Å². The molecule has 104 valence electrons. The van der Waals surface area contributed by atoms with Crippen LogP contribution in [0.2, 0.25) is 0 Å². The van der Waals surface area contributed by atoms with Crippen LogP contribution in [0.5, 0.6) is 0 Å². The van der Waals surface area contributed by atoms with Crippen molar-refractivity contribution in [1.82, 2.24) is 10.6 Å². The maximum absolute atomic E-state index is 11.3. The monoisotopic (exact) mass is 281 g/mol. The molecule has 0 saturated carbocycles. The zero-order valence-corrected chi connectivity index (χ0v) is 12.3. The Kier molecular flexibility index (Phi) is 5.80. The van der Waals surface area contributed by atoms with Crippen molar-refractivity contribution in [3.63, 3.8) is 0 Å². The van der Waals surface area contributed by atoms with E-state index in [2.05, 4.69) is 16.7 Å². The number of ether oxygens (including phenoxy) is 1. The number of nitriles is 1. The van der Waals surface area contributed by atoms with Crippen molar-refractivity contribution in [2.75, 3.05) is 13.1 Å². The smallest absolute Gasteiger partial charge is 0.407 e. The molecule has 0 aliphatic carbocycles. The number of rotatable bonds is 5. The number of hydrogen-bond acceptors (Lipinski definition) is 5. The highest BCUT2D eigenvalue weighted by Gasteiger charge is 2.15. The van der Waals surface area contributed by atoms with E-state index in [0.717, 1.165) is 4.88 Å². The fourth-order valence-corrected chi connectivity index (χ4v) is 2.09. The molecule has 1 rings (SSSR count). The Balaban J connectivity index is 2.11. The Bertz CT molecular complexity index is 457. The average molecular weight is 281 g/mol. The number of hydrogen-bond donors (Lipinski definition) is 2. The van der Waals surface area contributed by atoms with Gasteiger partial charge in [0.05, 0.1) is 5.56 Å². The van der Waals surface area contributed by atoms with Crippen LogP contribution >= 0.6 is 11.3 Å². The van der Waals surface area contributed by atoms with Crippen LogP contribution in [0.15, 0.2) is 11.4 Å². The highest BCUT2D eigenvalue weighted by molar-refractivity contribution is 7.10. The molecule has 1 amide bonds. The van der Waals surface area contributed by atoms with Gasteiger partial charge in [-0.25, -0.2) is 4.79 Å². The van der Waals surface area contributed by atoms with Crippen LogP contribution in [-0.2, 0) is 11.3 Å². The molecule has 0 unspecified atom stereocenters. The van der Waals surface area contributed by atoms with Crippen molar-refractivity contribution < 1.29 is 9.53 Å². The molecule has 5 nitrogen and oxygen atoms in total. The van der Waals surface area contributed by atoms with Crippen molar-refractivity contribution in [2.45, 2.75) is 32.9 Å². The summed E-state index contributed by atoms with van der Waals surface area (Å²) in [4.78, 5) is 12.4. The minimum atomic E-state index is -0.470. The first-order chi connectivity index (χ1) is 8.90. The van der Waals surface area contributed by atoms with Crippen molar-refractivity contribution in [2.24, 2.45) is 0 Å². The third-order valence-corrected chi connectivity index (χ3v) is 2.99. The van der Waals surface area contributed by atoms with Gasteiger partial charge in [-0.1, -0.05) is 0 Å². The third-order valence-electron chi connectivity index (χ3n) is 2.05. The predicted octanol–water partition coefficient (Wildman–Crippen LogP) is 2.23. The van der Waals surface area contributed by atoms with E-state index >= 15 is 0 Å². The summed E-state index contributed by atoms with van der Waals surface area (Å²) in [6.07, 6.45) is -0.405. The number of alkyl carbamates (subject to hydrolysis) is 1. The SMILES string of the molecule is CC(C)(C)OC(=O)NCCNCc1cc(C#N)cs1. The Morgan fingerprint density at radius 3 is 2.79 bits per heavy atom. The maximum atomic E-state index is 11.3. The van der Waals surface area contributed by atoms with Crippen LogP contribution in [-0.4, -0.2) is 24.8 Å². The van der Waals surface area contributed by atoms with E-state index in [4.69, 9.17) is 10.00 Å². The largest absolute Gasteiger partial charge is 0.444 e. The Morgan fingerprint density at radius 2 is 2.21 bits per heavy atom. The number of nitrogens with zero attached hydrogens (tertiary/aromatic N) is 1. The van der Waals surface area contributed by atoms with Crippen molar-refractivity contribution in [3.8, 4) is 6.07 Å². The second-order valence-electron chi connectivity index (χ2n) is 5.02. The first kappa shape index (κ1) is 15.5. The molecule has 0 aromatic carbocycles. The van der Waals surface area contributed by atoms with E-state index in [1.54, 1.807) is 11.3 Å². The standard InChI is InChI=1S/C13H19N3O2S/c1-13(2,3)18-12(17)16-5-4-15-8-11-6-10(7-14)9-19-11/h6,9,15H,4-5,8H2,1-3H3,(H,16,17). The lowest BCUT2D eigenvalue weighted by Crippen LogP contribution is -2.36. The number of carbonyl (C=O) groups is 1. The second-order valence-corrected chi connectivity index (χ2v) is 6.01. The normalized spacial score (nSPS) is 10.8. The molecule has 1 aromatic rings. The Hall–Kier alpha value is -1.58. The molecule has 6 heteroatoms. The quantitative estimate of drug-likeness (QED) is 0.812. The van der Waals surface area contributed by atoms with Crippen LogP contribution in [0.3, 0.4) is 0 Å². The van der Waals surface area contributed by atoms with E-state index in [-0.39, 0.29) is 0 Å². The molecule has 0 aliphatic heterocycles. The van der Waals surface area contributed by atoms with Gasteiger partial charge in [0, 0.05) is 29.9 Å². The van der Waals surface area contributed by atoms with Gasteiger partial charge in [0.2, 0.25) is 0 Å². The highest BCUT2D eigenvalue weighted by atomic mass is 32.1. The summed E-state index contributed by atoms with van der Waals surface area (Å²) in [5, 5.41) is 16.4. The molecule has 19 heavy (non-hydrogen) atoms. The van der Waals surface area contributed by atoms with Gasteiger partial charge in [-0.15, -0.1) is 11.3 Å². The van der Waals surface area contributed by atoms with Crippen molar-refractivity contribution in [3.05, 3.63) is 21.9 Å². The molecule has 1 aromatic heterocycles. The van der Waals surface area contributed by atoms with Gasteiger partial charge in [-0.3, -0.25) is 0 Å². The molecule has 0 atom stereocenters. The summed E-state index contributed by atoms with van der Waals surface area (Å²) in [7, 11) is 0. The first-order valence-corrected chi connectivity index (χ1v) is 6.94. The fourth-order valence-electron chi connectivity index (χ4n) is 1.31. The lowest BCUT2D eigenvalue weighted by molar-refractivity contribution is 0.0528. The second kappa shape index (κ2) is 7.12. The molecular weight excluding hydrogens is 262 g/mol. The van der Waals surface area contributed by atoms with Crippen LogP contribution in [0, 0.1) is 11.3 Å². The maximum Gasteiger partial charge on any atom is 0.407 e. The van der Waals surface area contributed by atoms with Crippen LogP contribution < -0.4 is 10.6 Å². The van der Waals surface area contributed by atoms with E-state index in [1.165, 1.54) is 0 Å². The molecule has 2 N–H and O–H groups in total. The van der Waals surface area contributed by atoms with Gasteiger partial charge < -0.3 is 15.4 Å². The molecule has 0 bridgehead atoms. The summed E-state index contributed by atoms with van der Waals surface area (Å²) >= 11 is 1.55. The summed E-state index contributed by atoms with van der Waals surface area (Å²) in [5.41, 5.74) is 0.219. The van der Waals surface area contributed by atoms with Gasteiger partial charge in [0.15, 0.2) is 0 Å². The zero-order valence-electron chi connectivity index (χ0n) is 11.4. The van der Waals surface area contributed by atoms with Gasteiger partial charge in [-0.2, -0.15) is 5.26 Å². The van der Waals surface area contributed by atoms with E-state index in [1.807, 2.05) is 32.2 Å². The van der Waals surface area contributed by atoms with E-state index in [9.17, 15) is 4.79 Å². The molecule has 0 saturated heterocycles. The average Bonchev–Trinajstić information content (AvgIpc) is 2.74. The number of thiophene rings is 1. The molecular formula is C13H19N3O2S. The topological polar surface area (TPSA) is 74.2 Å². The molecule has 0 spiro atoms. The fraction of sp³-hybridized carbons (Fsp3) is 0.538. The Morgan fingerprint density at radius 1 is 1.47 bits per heavy atom. The number of nitrogens with one attached hydrogen (secondary N) is 2. The first-order valence-electron chi connectivity index (χ1n) is 6.06. The highest BCUT2D eigenvalue weighted by Crippen LogP contribution is 2.13. The predicted molar refractivity (Wildman–Crippen MR) is 75.0 cm³/mol. The summed E-state index contributed by atoms with van der Waals surface area (Å²) in [6, 6.07) is 3.95. The van der Waals surface area contributed by atoms with Gasteiger partial charge in [-0.05, 0) is 26.8 Å². The number of amides is 1. The minimum absolute atomic E-state index is 0.405. The van der Waals surface area contributed by atoms with Crippen molar-refractivity contribution >= 4 is 17.4 Å². The Labute approximate surface area is 117 Å².